The van der Waals surface area contributed by atoms with Gasteiger partial charge in [-0.05, 0) is 30.2 Å². The molecule has 6 nitrogen and oxygen atoms in total. The van der Waals surface area contributed by atoms with Gasteiger partial charge in [0.25, 0.3) is 5.91 Å². The molecule has 0 unspecified atom stereocenters. The van der Waals surface area contributed by atoms with Gasteiger partial charge in [0, 0.05) is 18.6 Å². The second kappa shape index (κ2) is 10.6. The Balaban J connectivity index is 2.23. The standard InChI is InChI=1S/C21H25ClN2O4/c1-4-17(21(26)23-2)24(13-15-9-5-6-10-16(15)22)20(25)14-28-19-12-8-7-11-18(19)27-3/h5-12,17H,4,13-14H2,1-3H3,(H,23,26)/t17-/m1/s1. The summed E-state index contributed by atoms with van der Waals surface area (Å²) in [4.78, 5) is 26.8. The molecule has 0 aliphatic heterocycles. The Morgan fingerprint density at radius 1 is 1.11 bits per heavy atom. The highest BCUT2D eigenvalue weighted by atomic mass is 35.5. The summed E-state index contributed by atoms with van der Waals surface area (Å²) in [5.41, 5.74) is 0.761. The van der Waals surface area contributed by atoms with Crippen LogP contribution in [0.1, 0.15) is 18.9 Å². The number of hydrogen-bond acceptors (Lipinski definition) is 4. The molecule has 2 aromatic carbocycles. The van der Waals surface area contributed by atoms with Crippen molar-refractivity contribution < 1.29 is 19.1 Å². The number of amides is 2. The van der Waals surface area contributed by atoms with E-state index in [1.807, 2.05) is 31.2 Å². The zero-order chi connectivity index (χ0) is 20.5. The number of ether oxygens (including phenoxy) is 2. The molecule has 0 aromatic heterocycles. The van der Waals surface area contributed by atoms with Gasteiger partial charge in [-0.15, -0.1) is 0 Å². The minimum Gasteiger partial charge on any atom is -0.493 e. The Labute approximate surface area is 170 Å². The van der Waals surface area contributed by atoms with Crippen LogP contribution >= 0.6 is 11.6 Å². The molecule has 0 heterocycles. The van der Waals surface area contributed by atoms with E-state index in [0.29, 0.717) is 22.9 Å². The van der Waals surface area contributed by atoms with E-state index >= 15 is 0 Å². The molecule has 0 fully saturated rings. The third kappa shape index (κ3) is 5.39. The Morgan fingerprint density at radius 2 is 1.75 bits per heavy atom. The molecule has 28 heavy (non-hydrogen) atoms. The van der Waals surface area contributed by atoms with Gasteiger partial charge < -0.3 is 19.7 Å². The second-order valence-electron chi connectivity index (χ2n) is 6.09. The third-order valence-corrected chi connectivity index (χ3v) is 4.72. The minimum atomic E-state index is -0.630. The number of carbonyl (C=O) groups excluding carboxylic acids is 2. The lowest BCUT2D eigenvalue weighted by molar-refractivity contribution is -0.142. The molecular weight excluding hydrogens is 380 g/mol. The summed E-state index contributed by atoms with van der Waals surface area (Å²) < 4.78 is 10.9. The van der Waals surface area contributed by atoms with Gasteiger partial charge in [-0.25, -0.2) is 0 Å². The molecule has 0 saturated heterocycles. The number of rotatable bonds is 9. The fourth-order valence-electron chi connectivity index (χ4n) is 2.86. The SMILES string of the molecule is CC[C@H](C(=O)NC)N(Cc1ccccc1Cl)C(=O)COc1ccccc1OC. The van der Waals surface area contributed by atoms with Crippen LogP contribution in [0.3, 0.4) is 0 Å². The van der Waals surface area contributed by atoms with Gasteiger partial charge in [0.15, 0.2) is 18.1 Å². The number of nitrogens with one attached hydrogen (secondary N) is 1. The van der Waals surface area contributed by atoms with Crippen LogP contribution in [0.2, 0.25) is 5.02 Å². The van der Waals surface area contributed by atoms with Gasteiger partial charge >= 0.3 is 0 Å². The molecule has 2 amide bonds. The van der Waals surface area contributed by atoms with Crippen LogP contribution in [-0.2, 0) is 16.1 Å². The van der Waals surface area contributed by atoms with E-state index in [9.17, 15) is 9.59 Å². The number of halogens is 1. The van der Waals surface area contributed by atoms with E-state index in [1.54, 1.807) is 31.3 Å². The molecule has 1 N–H and O–H groups in total. The predicted molar refractivity (Wildman–Crippen MR) is 109 cm³/mol. The smallest absolute Gasteiger partial charge is 0.261 e. The number of benzene rings is 2. The van der Waals surface area contributed by atoms with E-state index in [2.05, 4.69) is 5.32 Å². The first-order chi connectivity index (χ1) is 13.5. The van der Waals surface area contributed by atoms with Crippen molar-refractivity contribution in [1.29, 1.82) is 0 Å². The molecule has 0 bridgehead atoms. The highest BCUT2D eigenvalue weighted by molar-refractivity contribution is 6.31. The van der Waals surface area contributed by atoms with Crippen molar-refractivity contribution in [3.8, 4) is 11.5 Å². The van der Waals surface area contributed by atoms with Crippen molar-refractivity contribution in [2.45, 2.75) is 25.9 Å². The maximum atomic E-state index is 13.0. The molecule has 7 heteroatoms. The van der Waals surface area contributed by atoms with Crippen LogP contribution in [0.25, 0.3) is 0 Å². The van der Waals surface area contributed by atoms with Gasteiger partial charge in [0.1, 0.15) is 6.04 Å². The fourth-order valence-corrected chi connectivity index (χ4v) is 3.05. The molecule has 0 spiro atoms. The zero-order valence-corrected chi connectivity index (χ0v) is 17.0. The molecule has 150 valence electrons. The van der Waals surface area contributed by atoms with Crippen molar-refractivity contribution >= 4 is 23.4 Å². The summed E-state index contributed by atoms with van der Waals surface area (Å²) >= 11 is 6.26. The van der Waals surface area contributed by atoms with Gasteiger partial charge in [0.2, 0.25) is 5.91 Å². The maximum absolute atomic E-state index is 13.0. The molecular formula is C21H25ClN2O4. The van der Waals surface area contributed by atoms with Crippen molar-refractivity contribution in [1.82, 2.24) is 10.2 Å². The molecule has 1 atom stereocenters. The summed E-state index contributed by atoms with van der Waals surface area (Å²) in [7, 11) is 3.08. The number of nitrogens with zero attached hydrogens (tertiary/aromatic N) is 1. The highest BCUT2D eigenvalue weighted by Crippen LogP contribution is 2.26. The Hall–Kier alpha value is -2.73. The summed E-state index contributed by atoms with van der Waals surface area (Å²) in [6.07, 6.45) is 0.463. The number of likely N-dealkylation sites (N-methyl/N-ethyl adjacent to an activating group) is 1. The molecule has 0 aliphatic carbocycles. The van der Waals surface area contributed by atoms with Crippen molar-refractivity contribution in [3.05, 3.63) is 59.1 Å². The van der Waals surface area contributed by atoms with Gasteiger partial charge in [0.05, 0.1) is 7.11 Å². The van der Waals surface area contributed by atoms with Gasteiger partial charge in [-0.1, -0.05) is 48.9 Å². The lowest BCUT2D eigenvalue weighted by Crippen LogP contribution is -2.49. The van der Waals surface area contributed by atoms with E-state index in [-0.39, 0.29) is 25.0 Å². The van der Waals surface area contributed by atoms with E-state index in [0.717, 1.165) is 5.56 Å². The topological polar surface area (TPSA) is 67.9 Å². The molecule has 0 saturated carbocycles. The molecule has 2 aromatic rings. The molecule has 2 rings (SSSR count). The number of carbonyl (C=O) groups is 2. The van der Waals surface area contributed by atoms with Crippen LogP contribution < -0.4 is 14.8 Å². The first kappa shape index (κ1) is 21.6. The zero-order valence-electron chi connectivity index (χ0n) is 16.3. The van der Waals surface area contributed by atoms with E-state index < -0.39 is 6.04 Å². The lowest BCUT2D eigenvalue weighted by Gasteiger charge is -2.30. The average Bonchev–Trinajstić information content (AvgIpc) is 2.73. The Morgan fingerprint density at radius 3 is 2.36 bits per heavy atom. The quantitative estimate of drug-likeness (QED) is 0.696. The maximum Gasteiger partial charge on any atom is 0.261 e. The van der Waals surface area contributed by atoms with Crippen LogP contribution in [0.15, 0.2) is 48.5 Å². The van der Waals surface area contributed by atoms with Crippen molar-refractivity contribution in [3.63, 3.8) is 0 Å². The van der Waals surface area contributed by atoms with Crippen molar-refractivity contribution in [2.75, 3.05) is 20.8 Å². The van der Waals surface area contributed by atoms with E-state index in [1.165, 1.54) is 12.0 Å². The fraction of sp³-hybridized carbons (Fsp3) is 0.333. The van der Waals surface area contributed by atoms with Gasteiger partial charge in [-0.3, -0.25) is 9.59 Å². The number of methoxy groups -OCH3 is 1. The molecule has 0 radical (unpaired) electrons. The number of hydrogen-bond donors (Lipinski definition) is 1. The van der Waals surface area contributed by atoms with Crippen LogP contribution in [-0.4, -0.2) is 43.5 Å². The Kier molecular flexibility index (Phi) is 8.14. The minimum absolute atomic E-state index is 0.208. The largest absolute Gasteiger partial charge is 0.493 e. The van der Waals surface area contributed by atoms with Crippen LogP contribution in [0, 0.1) is 0 Å². The summed E-state index contributed by atoms with van der Waals surface area (Å²) in [6.45, 7) is 1.84. The predicted octanol–water partition coefficient (Wildman–Crippen LogP) is 3.28. The molecule has 0 aliphatic rings. The average molecular weight is 405 g/mol. The first-order valence-corrected chi connectivity index (χ1v) is 9.39. The van der Waals surface area contributed by atoms with Gasteiger partial charge in [-0.2, -0.15) is 0 Å². The highest BCUT2D eigenvalue weighted by Gasteiger charge is 2.28. The van der Waals surface area contributed by atoms with E-state index in [4.69, 9.17) is 21.1 Å². The summed E-state index contributed by atoms with van der Waals surface area (Å²) in [5, 5.41) is 3.16. The summed E-state index contributed by atoms with van der Waals surface area (Å²) in [5.74, 6) is 0.441. The second-order valence-corrected chi connectivity index (χ2v) is 6.50. The number of para-hydroxylation sites is 2. The van der Waals surface area contributed by atoms with Crippen LogP contribution in [0.4, 0.5) is 0 Å². The summed E-state index contributed by atoms with van der Waals surface area (Å²) in [6, 6.07) is 13.7. The lowest BCUT2D eigenvalue weighted by atomic mass is 10.1. The third-order valence-electron chi connectivity index (χ3n) is 4.35. The first-order valence-electron chi connectivity index (χ1n) is 9.02. The van der Waals surface area contributed by atoms with Crippen LogP contribution in [0.5, 0.6) is 11.5 Å². The van der Waals surface area contributed by atoms with Crippen molar-refractivity contribution in [2.24, 2.45) is 0 Å². The monoisotopic (exact) mass is 404 g/mol. The normalized spacial score (nSPS) is 11.4. The Bertz CT molecular complexity index is 812.